The van der Waals surface area contributed by atoms with E-state index in [1.807, 2.05) is 26.0 Å². The summed E-state index contributed by atoms with van der Waals surface area (Å²) in [6.45, 7) is 4.18. The molecule has 4 heteroatoms. The molecule has 0 amide bonds. The van der Waals surface area contributed by atoms with Crippen LogP contribution in [0.5, 0.6) is 5.75 Å². The third kappa shape index (κ3) is 3.10. The van der Waals surface area contributed by atoms with Crippen LogP contribution in [0.25, 0.3) is 0 Å². The first kappa shape index (κ1) is 13.1. The molecule has 1 heterocycles. The summed E-state index contributed by atoms with van der Waals surface area (Å²) >= 11 is 0. The van der Waals surface area contributed by atoms with Crippen LogP contribution in [0.2, 0.25) is 0 Å². The number of carboxylic acids is 1. The molecule has 0 spiro atoms. The number of aryl methyl sites for hydroxylation is 2. The Morgan fingerprint density at radius 3 is 2.74 bits per heavy atom. The molecule has 98 valence electrons. The lowest BCUT2D eigenvalue weighted by Gasteiger charge is -2.10. The van der Waals surface area contributed by atoms with Crippen molar-refractivity contribution in [1.29, 1.82) is 0 Å². The zero-order valence-electron chi connectivity index (χ0n) is 10.9. The number of aromatic nitrogens is 1. The molecule has 19 heavy (non-hydrogen) atoms. The van der Waals surface area contributed by atoms with E-state index in [2.05, 4.69) is 4.98 Å². The molecule has 0 aliphatic rings. The van der Waals surface area contributed by atoms with Crippen LogP contribution in [0, 0.1) is 13.8 Å². The fraction of sp³-hybridized carbons (Fsp3) is 0.200. The molecule has 1 N–H and O–H groups in total. The molecule has 0 atom stereocenters. The van der Waals surface area contributed by atoms with Crippen LogP contribution in [-0.4, -0.2) is 16.1 Å². The lowest BCUT2D eigenvalue weighted by molar-refractivity contribution is 0.0696. The van der Waals surface area contributed by atoms with Crippen molar-refractivity contribution in [2.75, 3.05) is 0 Å². The van der Waals surface area contributed by atoms with Crippen molar-refractivity contribution in [1.82, 2.24) is 4.98 Å². The first-order chi connectivity index (χ1) is 9.08. The molecule has 2 aromatic rings. The summed E-state index contributed by atoms with van der Waals surface area (Å²) in [6, 6.07) is 8.68. The number of ether oxygens (including phenoxy) is 1. The van der Waals surface area contributed by atoms with Crippen molar-refractivity contribution in [2.24, 2.45) is 0 Å². The molecule has 0 radical (unpaired) electrons. The smallest absolute Gasteiger partial charge is 0.335 e. The highest BCUT2D eigenvalue weighted by atomic mass is 16.5. The van der Waals surface area contributed by atoms with Crippen molar-refractivity contribution >= 4 is 5.97 Å². The monoisotopic (exact) mass is 257 g/mol. The molecular formula is C15H15NO3. The van der Waals surface area contributed by atoms with Crippen LogP contribution in [0.3, 0.4) is 0 Å². The summed E-state index contributed by atoms with van der Waals surface area (Å²) in [6.07, 6.45) is 1.71. The number of carboxylic acid groups (broad SMARTS) is 1. The van der Waals surface area contributed by atoms with Gasteiger partial charge in [0.25, 0.3) is 0 Å². The lowest BCUT2D eigenvalue weighted by atomic mass is 10.1. The molecule has 0 fully saturated rings. The topological polar surface area (TPSA) is 59.4 Å². The maximum absolute atomic E-state index is 10.9. The van der Waals surface area contributed by atoms with E-state index in [9.17, 15) is 4.79 Å². The van der Waals surface area contributed by atoms with Gasteiger partial charge in [0.15, 0.2) is 0 Å². The summed E-state index contributed by atoms with van der Waals surface area (Å²) in [5.74, 6) is -0.385. The van der Waals surface area contributed by atoms with Crippen LogP contribution < -0.4 is 4.74 Å². The van der Waals surface area contributed by atoms with Crippen molar-refractivity contribution in [3.63, 3.8) is 0 Å². The summed E-state index contributed by atoms with van der Waals surface area (Å²) in [4.78, 5) is 15.2. The van der Waals surface area contributed by atoms with Crippen LogP contribution in [0.1, 0.15) is 27.2 Å². The van der Waals surface area contributed by atoms with Gasteiger partial charge in [-0.3, -0.25) is 4.98 Å². The van der Waals surface area contributed by atoms with E-state index in [1.165, 1.54) is 6.07 Å². The standard InChI is InChI=1S/C15H15NO3/c1-10-4-3-7-16-13(10)9-19-14-8-12(15(17)18)6-5-11(14)2/h3-8H,9H2,1-2H3,(H,17,18). The van der Waals surface area contributed by atoms with Gasteiger partial charge >= 0.3 is 5.97 Å². The number of aromatic carboxylic acids is 1. The largest absolute Gasteiger partial charge is 0.487 e. The van der Waals surface area contributed by atoms with E-state index in [4.69, 9.17) is 9.84 Å². The summed E-state index contributed by atoms with van der Waals surface area (Å²) in [7, 11) is 0. The third-order valence-electron chi connectivity index (χ3n) is 2.92. The minimum atomic E-state index is -0.959. The average molecular weight is 257 g/mol. The molecule has 0 aliphatic carbocycles. The fourth-order valence-corrected chi connectivity index (χ4v) is 1.70. The predicted octanol–water partition coefficient (Wildman–Crippen LogP) is 2.98. The normalized spacial score (nSPS) is 10.2. The second kappa shape index (κ2) is 5.52. The van der Waals surface area contributed by atoms with Crippen LogP contribution in [-0.2, 0) is 6.61 Å². The van der Waals surface area contributed by atoms with E-state index in [0.29, 0.717) is 12.4 Å². The Kier molecular flexibility index (Phi) is 3.80. The highest BCUT2D eigenvalue weighted by Gasteiger charge is 2.08. The number of benzene rings is 1. The average Bonchev–Trinajstić information content (AvgIpc) is 2.39. The summed E-state index contributed by atoms with van der Waals surface area (Å²) in [5, 5.41) is 8.96. The van der Waals surface area contributed by atoms with E-state index >= 15 is 0 Å². The Labute approximate surface area is 111 Å². The maximum Gasteiger partial charge on any atom is 0.335 e. The van der Waals surface area contributed by atoms with E-state index in [0.717, 1.165) is 16.8 Å². The minimum absolute atomic E-state index is 0.221. The second-order valence-corrected chi connectivity index (χ2v) is 4.34. The number of pyridine rings is 1. The quantitative estimate of drug-likeness (QED) is 0.914. The van der Waals surface area contributed by atoms with Gasteiger partial charge in [-0.05, 0) is 43.2 Å². The molecule has 1 aromatic carbocycles. The number of rotatable bonds is 4. The SMILES string of the molecule is Cc1ccc(C(=O)O)cc1OCc1ncccc1C. The van der Waals surface area contributed by atoms with Crippen LogP contribution in [0.4, 0.5) is 0 Å². The summed E-state index contributed by atoms with van der Waals surface area (Å²) in [5.41, 5.74) is 3.02. The zero-order valence-corrected chi connectivity index (χ0v) is 10.9. The Morgan fingerprint density at radius 2 is 2.05 bits per heavy atom. The van der Waals surface area contributed by atoms with Gasteiger partial charge in [0, 0.05) is 6.20 Å². The zero-order chi connectivity index (χ0) is 13.8. The van der Waals surface area contributed by atoms with Gasteiger partial charge in [-0.25, -0.2) is 4.79 Å². The van der Waals surface area contributed by atoms with Crippen molar-refractivity contribution in [2.45, 2.75) is 20.5 Å². The van der Waals surface area contributed by atoms with Crippen molar-refractivity contribution in [3.8, 4) is 5.75 Å². The van der Waals surface area contributed by atoms with Crippen LogP contribution in [0.15, 0.2) is 36.5 Å². The van der Waals surface area contributed by atoms with Crippen molar-refractivity contribution in [3.05, 3.63) is 58.9 Å². The van der Waals surface area contributed by atoms with Gasteiger partial charge in [0.2, 0.25) is 0 Å². The lowest BCUT2D eigenvalue weighted by Crippen LogP contribution is -2.03. The summed E-state index contributed by atoms with van der Waals surface area (Å²) < 4.78 is 5.67. The predicted molar refractivity (Wildman–Crippen MR) is 71.4 cm³/mol. The van der Waals surface area contributed by atoms with Gasteiger partial charge in [0.05, 0.1) is 11.3 Å². The molecule has 0 saturated carbocycles. The third-order valence-corrected chi connectivity index (χ3v) is 2.92. The first-order valence-corrected chi connectivity index (χ1v) is 5.95. The van der Waals surface area contributed by atoms with Gasteiger partial charge in [-0.15, -0.1) is 0 Å². The molecule has 0 saturated heterocycles. The first-order valence-electron chi connectivity index (χ1n) is 5.95. The van der Waals surface area contributed by atoms with Gasteiger partial charge in [-0.1, -0.05) is 12.1 Å². The van der Waals surface area contributed by atoms with Crippen molar-refractivity contribution < 1.29 is 14.6 Å². The Hall–Kier alpha value is -2.36. The van der Waals surface area contributed by atoms with Gasteiger partial charge < -0.3 is 9.84 Å². The van der Waals surface area contributed by atoms with Gasteiger partial charge in [0.1, 0.15) is 12.4 Å². The van der Waals surface area contributed by atoms with Gasteiger partial charge in [-0.2, -0.15) is 0 Å². The van der Waals surface area contributed by atoms with E-state index in [1.54, 1.807) is 18.3 Å². The van der Waals surface area contributed by atoms with E-state index in [-0.39, 0.29) is 5.56 Å². The molecule has 0 unspecified atom stereocenters. The molecule has 1 aromatic heterocycles. The molecule has 0 aliphatic heterocycles. The molecular weight excluding hydrogens is 242 g/mol. The number of carbonyl (C=O) groups is 1. The fourth-order valence-electron chi connectivity index (χ4n) is 1.70. The minimum Gasteiger partial charge on any atom is -0.487 e. The Balaban J connectivity index is 2.17. The molecule has 0 bridgehead atoms. The number of hydrogen-bond donors (Lipinski definition) is 1. The maximum atomic E-state index is 10.9. The number of nitrogens with zero attached hydrogens (tertiary/aromatic N) is 1. The Bertz CT molecular complexity index is 608. The highest BCUT2D eigenvalue weighted by Crippen LogP contribution is 2.21. The number of hydrogen-bond acceptors (Lipinski definition) is 3. The van der Waals surface area contributed by atoms with E-state index < -0.39 is 5.97 Å². The second-order valence-electron chi connectivity index (χ2n) is 4.34. The Morgan fingerprint density at radius 1 is 1.26 bits per heavy atom. The highest BCUT2D eigenvalue weighted by molar-refractivity contribution is 5.88. The molecule has 2 rings (SSSR count). The molecule has 4 nitrogen and oxygen atoms in total. The van der Waals surface area contributed by atoms with Crippen LogP contribution >= 0.6 is 0 Å².